The summed E-state index contributed by atoms with van der Waals surface area (Å²) in [6.45, 7) is 5.92. The number of nitrogens with zero attached hydrogens (tertiary/aromatic N) is 3. The second kappa shape index (κ2) is 11.7. The molecule has 0 saturated heterocycles. The molecular weight excluding hydrogens is 441 g/mol. The first-order chi connectivity index (χ1) is 16.2. The number of alkyl halides is 3. The van der Waals surface area contributed by atoms with Crippen LogP contribution in [0.1, 0.15) is 35.6 Å². The van der Waals surface area contributed by atoms with Crippen LogP contribution in [0.3, 0.4) is 0 Å². The minimum absolute atomic E-state index is 0.0336. The molecule has 1 heterocycles. The van der Waals surface area contributed by atoms with Gasteiger partial charge in [-0.25, -0.2) is 0 Å². The normalized spacial score (nSPS) is 14.2. The number of anilines is 1. The van der Waals surface area contributed by atoms with Crippen LogP contribution in [-0.2, 0) is 30.5 Å². The summed E-state index contributed by atoms with van der Waals surface area (Å²) in [5, 5.41) is 3.28. The zero-order valence-electron chi connectivity index (χ0n) is 20.3. The number of benzene rings is 2. The molecule has 0 bridgehead atoms. The lowest BCUT2D eigenvalue weighted by Crippen LogP contribution is -2.40. The largest absolute Gasteiger partial charge is 0.416 e. The maximum Gasteiger partial charge on any atom is 0.416 e. The van der Waals surface area contributed by atoms with Gasteiger partial charge in [0, 0.05) is 38.4 Å². The molecule has 0 unspecified atom stereocenters. The lowest BCUT2D eigenvalue weighted by molar-refractivity contribution is -0.139. The number of rotatable bonds is 10. The molecule has 34 heavy (non-hydrogen) atoms. The zero-order chi connectivity index (χ0) is 24.7. The molecular formula is C26H35F3N4O. The molecule has 3 rings (SSSR count). The molecule has 1 N–H and O–H groups in total. The Hall–Kier alpha value is -2.58. The van der Waals surface area contributed by atoms with Gasteiger partial charge < -0.3 is 15.1 Å². The molecule has 0 aromatic heterocycles. The summed E-state index contributed by atoms with van der Waals surface area (Å²) >= 11 is 0. The standard InChI is InChI=1S/C26H35F3N4O/c1-4-13-32-14-12-20-9-7-11-24(22(20)19-32)30-17-25(34)33(16-15-31(2)3)18-21-8-5-6-10-23(21)26(27,28)29/h5-11,30H,4,12-19H2,1-3H3. The Morgan fingerprint density at radius 1 is 1.09 bits per heavy atom. The van der Waals surface area contributed by atoms with E-state index in [9.17, 15) is 18.0 Å². The first-order valence-electron chi connectivity index (χ1n) is 11.8. The fourth-order valence-corrected chi connectivity index (χ4v) is 4.35. The third-order valence-electron chi connectivity index (χ3n) is 6.18. The second-order valence-corrected chi connectivity index (χ2v) is 9.10. The molecule has 0 aliphatic carbocycles. The van der Waals surface area contributed by atoms with Crippen molar-refractivity contribution in [1.82, 2.24) is 14.7 Å². The van der Waals surface area contributed by atoms with Crippen molar-refractivity contribution < 1.29 is 18.0 Å². The van der Waals surface area contributed by atoms with E-state index in [4.69, 9.17) is 0 Å². The van der Waals surface area contributed by atoms with E-state index in [2.05, 4.69) is 23.2 Å². The van der Waals surface area contributed by atoms with E-state index >= 15 is 0 Å². The van der Waals surface area contributed by atoms with Crippen LogP contribution in [0.4, 0.5) is 18.9 Å². The lowest BCUT2D eigenvalue weighted by atomic mass is 9.97. The van der Waals surface area contributed by atoms with Crippen LogP contribution >= 0.6 is 0 Å². The molecule has 1 aliphatic heterocycles. The highest BCUT2D eigenvalue weighted by atomic mass is 19.4. The van der Waals surface area contributed by atoms with E-state index in [1.807, 2.05) is 31.1 Å². The van der Waals surface area contributed by atoms with Crippen molar-refractivity contribution in [2.24, 2.45) is 0 Å². The number of amides is 1. The summed E-state index contributed by atoms with van der Waals surface area (Å²) in [6.07, 6.45) is -2.40. The highest BCUT2D eigenvalue weighted by Gasteiger charge is 2.33. The van der Waals surface area contributed by atoms with Gasteiger partial charge in [-0.1, -0.05) is 37.3 Å². The van der Waals surface area contributed by atoms with Crippen molar-refractivity contribution in [2.75, 3.05) is 52.1 Å². The van der Waals surface area contributed by atoms with Crippen LogP contribution in [0.5, 0.6) is 0 Å². The predicted molar refractivity (Wildman–Crippen MR) is 130 cm³/mol. The average molecular weight is 477 g/mol. The summed E-state index contributed by atoms with van der Waals surface area (Å²) in [4.78, 5) is 19.0. The average Bonchev–Trinajstić information content (AvgIpc) is 2.80. The second-order valence-electron chi connectivity index (χ2n) is 9.10. The van der Waals surface area contributed by atoms with E-state index in [0.717, 1.165) is 44.2 Å². The molecule has 0 saturated carbocycles. The predicted octanol–water partition coefficient (Wildman–Crippen LogP) is 4.48. The van der Waals surface area contributed by atoms with Crippen LogP contribution in [0, 0.1) is 0 Å². The van der Waals surface area contributed by atoms with Crippen LogP contribution in [-0.4, -0.2) is 67.4 Å². The van der Waals surface area contributed by atoms with Crippen LogP contribution in [0.25, 0.3) is 0 Å². The quantitative estimate of drug-likeness (QED) is 0.549. The Morgan fingerprint density at radius 2 is 1.85 bits per heavy atom. The molecule has 0 radical (unpaired) electrons. The third kappa shape index (κ3) is 6.96. The first-order valence-corrected chi connectivity index (χ1v) is 11.8. The van der Waals surface area contributed by atoms with Crippen molar-refractivity contribution in [2.45, 2.75) is 39.0 Å². The molecule has 5 nitrogen and oxygen atoms in total. The number of halogens is 3. The number of hydrogen-bond acceptors (Lipinski definition) is 4. The molecule has 1 amide bonds. The number of nitrogens with one attached hydrogen (secondary N) is 1. The Morgan fingerprint density at radius 3 is 2.56 bits per heavy atom. The van der Waals surface area contributed by atoms with Crippen molar-refractivity contribution in [3.8, 4) is 0 Å². The van der Waals surface area contributed by atoms with Gasteiger partial charge in [0.2, 0.25) is 5.91 Å². The van der Waals surface area contributed by atoms with Crippen molar-refractivity contribution in [3.05, 3.63) is 64.7 Å². The molecule has 8 heteroatoms. The molecule has 186 valence electrons. The Bertz CT molecular complexity index is 961. The van der Waals surface area contributed by atoms with E-state index in [1.54, 1.807) is 6.07 Å². The molecule has 0 fully saturated rings. The summed E-state index contributed by atoms with van der Waals surface area (Å²) in [5.74, 6) is -0.224. The number of hydrogen-bond donors (Lipinski definition) is 1. The minimum Gasteiger partial charge on any atom is -0.376 e. The Kier molecular flexibility index (Phi) is 8.97. The fraction of sp³-hybridized carbons (Fsp3) is 0.500. The first kappa shape index (κ1) is 26.0. The van der Waals surface area contributed by atoms with Gasteiger partial charge in [-0.2, -0.15) is 13.2 Å². The van der Waals surface area contributed by atoms with Gasteiger partial charge in [0.15, 0.2) is 0 Å². The van der Waals surface area contributed by atoms with Gasteiger partial charge in [-0.3, -0.25) is 9.69 Å². The molecule has 2 aromatic carbocycles. The monoisotopic (exact) mass is 476 g/mol. The SMILES string of the molecule is CCCN1CCc2cccc(NCC(=O)N(CCN(C)C)Cc3ccccc3C(F)(F)F)c2C1. The van der Waals surface area contributed by atoms with E-state index in [-0.39, 0.29) is 24.6 Å². The minimum atomic E-state index is -4.46. The van der Waals surface area contributed by atoms with E-state index in [1.165, 1.54) is 28.2 Å². The van der Waals surface area contributed by atoms with Crippen molar-refractivity contribution in [1.29, 1.82) is 0 Å². The van der Waals surface area contributed by atoms with Gasteiger partial charge in [0.25, 0.3) is 0 Å². The van der Waals surface area contributed by atoms with Crippen LogP contribution < -0.4 is 5.32 Å². The number of carbonyl (C=O) groups excluding carboxylic acids is 1. The fourth-order valence-electron chi connectivity index (χ4n) is 4.35. The Labute approximate surface area is 200 Å². The van der Waals surface area contributed by atoms with Crippen molar-refractivity contribution >= 4 is 11.6 Å². The maximum absolute atomic E-state index is 13.5. The van der Waals surface area contributed by atoms with Crippen LogP contribution in [0.2, 0.25) is 0 Å². The molecule has 1 aliphatic rings. The maximum atomic E-state index is 13.5. The summed E-state index contributed by atoms with van der Waals surface area (Å²) in [6, 6.07) is 11.6. The molecule has 0 atom stereocenters. The highest BCUT2D eigenvalue weighted by molar-refractivity contribution is 5.81. The van der Waals surface area contributed by atoms with Gasteiger partial charge >= 0.3 is 6.18 Å². The van der Waals surface area contributed by atoms with E-state index < -0.39 is 11.7 Å². The van der Waals surface area contributed by atoms with Gasteiger partial charge in [0.1, 0.15) is 0 Å². The highest BCUT2D eigenvalue weighted by Crippen LogP contribution is 2.32. The number of carbonyl (C=O) groups is 1. The smallest absolute Gasteiger partial charge is 0.376 e. The van der Waals surface area contributed by atoms with Gasteiger partial charge in [0.05, 0.1) is 12.1 Å². The summed E-state index contributed by atoms with van der Waals surface area (Å²) in [5.41, 5.74) is 2.83. The third-order valence-corrected chi connectivity index (χ3v) is 6.18. The van der Waals surface area contributed by atoms with Crippen molar-refractivity contribution in [3.63, 3.8) is 0 Å². The molecule has 2 aromatic rings. The van der Waals surface area contributed by atoms with Crippen LogP contribution in [0.15, 0.2) is 42.5 Å². The number of likely N-dealkylation sites (N-methyl/N-ethyl adjacent to an activating group) is 1. The lowest BCUT2D eigenvalue weighted by Gasteiger charge is -2.30. The van der Waals surface area contributed by atoms with Gasteiger partial charge in [-0.05, 0) is 62.3 Å². The van der Waals surface area contributed by atoms with Gasteiger partial charge in [-0.15, -0.1) is 0 Å². The summed E-state index contributed by atoms with van der Waals surface area (Å²) in [7, 11) is 3.76. The topological polar surface area (TPSA) is 38.8 Å². The van der Waals surface area contributed by atoms with E-state index in [0.29, 0.717) is 13.1 Å². The zero-order valence-corrected chi connectivity index (χ0v) is 20.3. The summed E-state index contributed by atoms with van der Waals surface area (Å²) < 4.78 is 40.5. The molecule has 0 spiro atoms. The number of fused-ring (bicyclic) bond motifs is 1. The Balaban J connectivity index is 1.74.